The SMILES string of the molecule is COc1ccc(/C=C2\Oc3c(ccc(OC(=O)C4CCCO4)c3C)C2=O)cc1. The number of hydrogen-bond acceptors (Lipinski definition) is 6. The Labute approximate surface area is 162 Å². The molecule has 1 fully saturated rings. The molecule has 2 aromatic carbocycles. The van der Waals surface area contributed by atoms with E-state index in [4.69, 9.17) is 18.9 Å². The standard InChI is InChI=1S/C22H20O6/c1-13-17(28-22(24)18-4-3-11-26-18)10-9-16-20(23)19(27-21(13)16)12-14-5-7-15(25-2)8-6-14/h5-10,12,18H,3-4,11H2,1-2H3/b19-12-. The lowest BCUT2D eigenvalue weighted by molar-refractivity contribution is -0.144. The van der Waals surface area contributed by atoms with E-state index in [-0.39, 0.29) is 11.5 Å². The number of allylic oxidation sites excluding steroid dienone is 1. The van der Waals surface area contributed by atoms with Gasteiger partial charge < -0.3 is 18.9 Å². The van der Waals surface area contributed by atoms with Crippen molar-refractivity contribution in [2.45, 2.75) is 25.9 Å². The van der Waals surface area contributed by atoms with Gasteiger partial charge in [0.1, 0.15) is 17.2 Å². The van der Waals surface area contributed by atoms with Crippen LogP contribution in [0.3, 0.4) is 0 Å². The number of fused-ring (bicyclic) bond motifs is 1. The van der Waals surface area contributed by atoms with Crippen molar-refractivity contribution in [2.75, 3.05) is 13.7 Å². The van der Waals surface area contributed by atoms with Crippen LogP contribution in [0.25, 0.3) is 6.08 Å². The van der Waals surface area contributed by atoms with E-state index in [1.165, 1.54) is 0 Å². The number of carbonyl (C=O) groups excluding carboxylic acids is 2. The molecule has 0 aliphatic carbocycles. The fourth-order valence-corrected chi connectivity index (χ4v) is 3.27. The Kier molecular flexibility index (Phi) is 4.88. The molecule has 1 unspecified atom stereocenters. The molecular weight excluding hydrogens is 360 g/mol. The van der Waals surface area contributed by atoms with Gasteiger partial charge in [-0.05, 0) is 55.7 Å². The summed E-state index contributed by atoms with van der Waals surface area (Å²) in [5, 5.41) is 0. The molecule has 0 spiro atoms. The van der Waals surface area contributed by atoms with Crippen LogP contribution in [0, 0.1) is 6.92 Å². The summed E-state index contributed by atoms with van der Waals surface area (Å²) < 4.78 is 21.8. The van der Waals surface area contributed by atoms with Crippen LogP contribution >= 0.6 is 0 Å². The van der Waals surface area contributed by atoms with E-state index < -0.39 is 12.1 Å². The van der Waals surface area contributed by atoms with Gasteiger partial charge in [0.05, 0.1) is 12.7 Å². The lowest BCUT2D eigenvalue weighted by Gasteiger charge is -2.12. The van der Waals surface area contributed by atoms with Gasteiger partial charge in [0.2, 0.25) is 5.78 Å². The zero-order valence-electron chi connectivity index (χ0n) is 15.7. The average molecular weight is 380 g/mol. The molecule has 2 heterocycles. The molecule has 6 nitrogen and oxygen atoms in total. The molecule has 0 saturated carbocycles. The highest BCUT2D eigenvalue weighted by Gasteiger charge is 2.32. The smallest absolute Gasteiger partial charge is 0.340 e. The van der Waals surface area contributed by atoms with Crippen LogP contribution in [0.4, 0.5) is 0 Å². The highest BCUT2D eigenvalue weighted by molar-refractivity contribution is 6.15. The first kappa shape index (κ1) is 18.3. The van der Waals surface area contributed by atoms with E-state index in [0.29, 0.717) is 35.7 Å². The van der Waals surface area contributed by atoms with Crippen molar-refractivity contribution >= 4 is 17.8 Å². The molecular formula is C22H20O6. The second kappa shape index (κ2) is 7.48. The maximum absolute atomic E-state index is 12.7. The van der Waals surface area contributed by atoms with Gasteiger partial charge >= 0.3 is 5.97 Å². The summed E-state index contributed by atoms with van der Waals surface area (Å²) in [5.41, 5.74) is 1.88. The molecule has 0 radical (unpaired) electrons. The van der Waals surface area contributed by atoms with E-state index in [9.17, 15) is 9.59 Å². The lowest BCUT2D eigenvalue weighted by atomic mass is 10.1. The van der Waals surface area contributed by atoms with Crippen LogP contribution in [0.1, 0.15) is 34.3 Å². The predicted octanol–water partition coefficient (Wildman–Crippen LogP) is 3.70. The molecule has 4 rings (SSSR count). The van der Waals surface area contributed by atoms with Crippen LogP contribution in [0.5, 0.6) is 17.2 Å². The van der Waals surface area contributed by atoms with Crippen LogP contribution in [-0.4, -0.2) is 31.6 Å². The maximum Gasteiger partial charge on any atom is 0.340 e. The number of benzene rings is 2. The van der Waals surface area contributed by atoms with E-state index in [0.717, 1.165) is 17.7 Å². The second-order valence-corrected chi connectivity index (χ2v) is 6.70. The highest BCUT2D eigenvalue weighted by atomic mass is 16.6. The summed E-state index contributed by atoms with van der Waals surface area (Å²) in [5.74, 6) is 1.13. The van der Waals surface area contributed by atoms with Crippen LogP contribution < -0.4 is 14.2 Å². The Bertz CT molecular complexity index is 952. The first-order chi connectivity index (χ1) is 13.6. The van der Waals surface area contributed by atoms with Crippen molar-refractivity contribution in [3.63, 3.8) is 0 Å². The molecule has 0 N–H and O–H groups in total. The van der Waals surface area contributed by atoms with Gasteiger partial charge in [-0.15, -0.1) is 0 Å². The highest BCUT2D eigenvalue weighted by Crippen LogP contribution is 2.39. The quantitative estimate of drug-likeness (QED) is 0.458. The Balaban J connectivity index is 1.57. The van der Waals surface area contributed by atoms with Crippen molar-refractivity contribution in [2.24, 2.45) is 0 Å². The van der Waals surface area contributed by atoms with E-state index >= 15 is 0 Å². The first-order valence-electron chi connectivity index (χ1n) is 9.12. The summed E-state index contributed by atoms with van der Waals surface area (Å²) in [6, 6.07) is 10.6. The molecule has 2 aliphatic rings. The van der Waals surface area contributed by atoms with Crippen LogP contribution in [-0.2, 0) is 9.53 Å². The minimum absolute atomic E-state index is 0.203. The van der Waals surface area contributed by atoms with Gasteiger partial charge in [0.15, 0.2) is 11.9 Å². The monoisotopic (exact) mass is 380 g/mol. The average Bonchev–Trinajstić information content (AvgIpc) is 3.35. The van der Waals surface area contributed by atoms with Gasteiger partial charge in [-0.25, -0.2) is 4.79 Å². The van der Waals surface area contributed by atoms with Crippen molar-refractivity contribution in [1.82, 2.24) is 0 Å². The zero-order chi connectivity index (χ0) is 19.7. The predicted molar refractivity (Wildman–Crippen MR) is 102 cm³/mol. The summed E-state index contributed by atoms with van der Waals surface area (Å²) in [6.07, 6.45) is 2.66. The molecule has 2 aromatic rings. The van der Waals surface area contributed by atoms with Gasteiger partial charge in [-0.3, -0.25) is 4.79 Å². The molecule has 6 heteroatoms. The second-order valence-electron chi connectivity index (χ2n) is 6.70. The molecule has 28 heavy (non-hydrogen) atoms. The third-order valence-electron chi connectivity index (χ3n) is 4.85. The number of ether oxygens (including phenoxy) is 4. The third-order valence-corrected chi connectivity index (χ3v) is 4.85. The van der Waals surface area contributed by atoms with Crippen LogP contribution in [0.2, 0.25) is 0 Å². The molecule has 1 saturated heterocycles. The summed E-state index contributed by atoms with van der Waals surface area (Å²) in [4.78, 5) is 24.9. The molecule has 0 amide bonds. The first-order valence-corrected chi connectivity index (χ1v) is 9.12. The van der Waals surface area contributed by atoms with Gasteiger partial charge in [-0.1, -0.05) is 12.1 Å². The number of ketones is 1. The Morgan fingerprint density at radius 1 is 1.18 bits per heavy atom. The van der Waals surface area contributed by atoms with Crippen LogP contribution in [0.15, 0.2) is 42.2 Å². The topological polar surface area (TPSA) is 71.1 Å². The normalized spacial score (nSPS) is 19.4. The molecule has 0 bridgehead atoms. The molecule has 144 valence electrons. The maximum atomic E-state index is 12.7. The van der Waals surface area contributed by atoms with E-state index in [2.05, 4.69) is 0 Å². The summed E-state index contributed by atoms with van der Waals surface area (Å²) in [7, 11) is 1.60. The number of methoxy groups -OCH3 is 1. The lowest BCUT2D eigenvalue weighted by Crippen LogP contribution is -2.25. The number of rotatable bonds is 4. The van der Waals surface area contributed by atoms with Crippen molar-refractivity contribution in [3.05, 3.63) is 58.8 Å². The zero-order valence-corrected chi connectivity index (χ0v) is 15.7. The van der Waals surface area contributed by atoms with Crippen molar-refractivity contribution in [1.29, 1.82) is 0 Å². The number of hydrogen-bond donors (Lipinski definition) is 0. The Hall–Kier alpha value is -3.12. The summed E-state index contributed by atoms with van der Waals surface area (Å²) >= 11 is 0. The minimum Gasteiger partial charge on any atom is -0.497 e. The number of carbonyl (C=O) groups is 2. The fourth-order valence-electron chi connectivity index (χ4n) is 3.27. The van der Waals surface area contributed by atoms with Gasteiger partial charge in [0.25, 0.3) is 0 Å². The Morgan fingerprint density at radius 2 is 1.96 bits per heavy atom. The third kappa shape index (κ3) is 3.39. The van der Waals surface area contributed by atoms with Crippen molar-refractivity contribution in [3.8, 4) is 17.2 Å². The van der Waals surface area contributed by atoms with Gasteiger partial charge in [-0.2, -0.15) is 0 Å². The van der Waals surface area contributed by atoms with E-state index in [1.54, 1.807) is 32.2 Å². The Morgan fingerprint density at radius 3 is 2.64 bits per heavy atom. The van der Waals surface area contributed by atoms with Gasteiger partial charge in [0, 0.05) is 12.2 Å². The molecule has 1 atom stereocenters. The van der Waals surface area contributed by atoms with E-state index in [1.807, 2.05) is 24.3 Å². The largest absolute Gasteiger partial charge is 0.497 e. The number of esters is 1. The summed E-state index contributed by atoms with van der Waals surface area (Å²) in [6.45, 7) is 2.33. The van der Waals surface area contributed by atoms with Crippen molar-refractivity contribution < 1.29 is 28.5 Å². The number of Topliss-reactive ketones (excluding diaryl/α,β-unsaturated/α-hetero) is 1. The minimum atomic E-state index is -0.527. The molecule has 2 aliphatic heterocycles. The molecule has 0 aromatic heterocycles. The fraction of sp³-hybridized carbons (Fsp3) is 0.273.